The molecule has 8 aromatic rings. The molecule has 0 fully saturated rings. The molecule has 0 bridgehead atoms. The Hall–Kier alpha value is -4.40. The van der Waals surface area contributed by atoms with E-state index in [1.54, 1.807) is 6.26 Å². The van der Waals surface area contributed by atoms with Crippen molar-refractivity contribution in [3.05, 3.63) is 122 Å². The molecule has 36 heavy (non-hydrogen) atoms. The van der Waals surface area contributed by atoms with Gasteiger partial charge in [-0.3, -0.25) is 0 Å². The van der Waals surface area contributed by atoms with E-state index in [2.05, 4.69) is 115 Å². The first-order valence-electron chi connectivity index (χ1n) is 12.2. The zero-order chi connectivity index (χ0) is 23.6. The van der Waals surface area contributed by atoms with E-state index < -0.39 is 0 Å². The standard InChI is InChI=1S/C34H20OS/c1-2-8-21(9-3-1)32-23-10-4-6-12-25(23)33(26-13-7-5-11-24(26)32)22-14-16-30-28(20-22)34-27-18-19-35-29(27)15-17-31(34)36-30/h1-20H. The highest BCUT2D eigenvalue weighted by atomic mass is 32.1. The molecular formula is C34H20OS. The lowest BCUT2D eigenvalue weighted by Crippen LogP contribution is -1.90. The Morgan fingerprint density at radius 3 is 1.75 bits per heavy atom. The smallest absolute Gasteiger partial charge is 0.134 e. The molecule has 0 aliphatic rings. The maximum absolute atomic E-state index is 5.73. The molecule has 168 valence electrons. The lowest BCUT2D eigenvalue weighted by molar-refractivity contribution is 0.616. The maximum atomic E-state index is 5.73. The van der Waals surface area contributed by atoms with Gasteiger partial charge in [0.05, 0.1) is 6.26 Å². The number of fused-ring (bicyclic) bond motifs is 7. The van der Waals surface area contributed by atoms with Crippen molar-refractivity contribution in [2.45, 2.75) is 0 Å². The van der Waals surface area contributed by atoms with E-state index in [1.807, 2.05) is 11.3 Å². The van der Waals surface area contributed by atoms with Gasteiger partial charge in [0.15, 0.2) is 0 Å². The fraction of sp³-hybridized carbons (Fsp3) is 0. The Kier molecular flexibility index (Phi) is 4.16. The zero-order valence-electron chi connectivity index (χ0n) is 19.4. The van der Waals surface area contributed by atoms with Crippen LogP contribution in [0.2, 0.25) is 0 Å². The number of hydrogen-bond donors (Lipinski definition) is 0. The fourth-order valence-electron chi connectivity index (χ4n) is 5.83. The van der Waals surface area contributed by atoms with Crippen molar-refractivity contribution in [3.8, 4) is 22.3 Å². The third-order valence-electron chi connectivity index (χ3n) is 7.35. The monoisotopic (exact) mass is 476 g/mol. The molecule has 2 heterocycles. The molecule has 8 rings (SSSR count). The molecule has 0 aliphatic carbocycles. The molecule has 0 saturated heterocycles. The van der Waals surface area contributed by atoms with Crippen molar-refractivity contribution in [2.75, 3.05) is 0 Å². The Bertz CT molecular complexity index is 2040. The van der Waals surface area contributed by atoms with Gasteiger partial charge in [-0.15, -0.1) is 11.3 Å². The summed E-state index contributed by atoms with van der Waals surface area (Å²) in [5.74, 6) is 0. The highest BCUT2D eigenvalue weighted by Crippen LogP contribution is 2.46. The van der Waals surface area contributed by atoms with E-state index in [0.29, 0.717) is 0 Å². The average molecular weight is 477 g/mol. The van der Waals surface area contributed by atoms with E-state index in [1.165, 1.54) is 69.4 Å². The summed E-state index contributed by atoms with van der Waals surface area (Å²) in [6.45, 7) is 0. The topological polar surface area (TPSA) is 13.1 Å². The van der Waals surface area contributed by atoms with Gasteiger partial charge < -0.3 is 4.42 Å². The summed E-state index contributed by atoms with van der Waals surface area (Å²) in [4.78, 5) is 0. The van der Waals surface area contributed by atoms with Crippen molar-refractivity contribution >= 4 is 64.0 Å². The van der Waals surface area contributed by atoms with Crippen LogP contribution in [0.4, 0.5) is 0 Å². The zero-order valence-corrected chi connectivity index (χ0v) is 20.2. The summed E-state index contributed by atoms with van der Waals surface area (Å²) in [6, 6.07) is 41.8. The summed E-state index contributed by atoms with van der Waals surface area (Å²) < 4.78 is 8.33. The van der Waals surface area contributed by atoms with Crippen LogP contribution in [0.5, 0.6) is 0 Å². The lowest BCUT2D eigenvalue weighted by atomic mass is 9.86. The summed E-state index contributed by atoms with van der Waals surface area (Å²) in [6.07, 6.45) is 1.79. The van der Waals surface area contributed by atoms with Gasteiger partial charge in [-0.05, 0) is 74.1 Å². The quantitative estimate of drug-likeness (QED) is 0.226. The lowest BCUT2D eigenvalue weighted by Gasteiger charge is -2.17. The van der Waals surface area contributed by atoms with E-state index in [-0.39, 0.29) is 0 Å². The van der Waals surface area contributed by atoms with E-state index in [0.717, 1.165) is 5.58 Å². The van der Waals surface area contributed by atoms with Crippen LogP contribution in [0.3, 0.4) is 0 Å². The third kappa shape index (κ3) is 2.76. The minimum absolute atomic E-state index is 0.940. The Labute approximate surface area is 211 Å². The molecule has 0 spiro atoms. The molecule has 1 nitrogen and oxygen atoms in total. The number of hydrogen-bond acceptors (Lipinski definition) is 2. The normalized spacial score (nSPS) is 11.9. The summed E-state index contributed by atoms with van der Waals surface area (Å²) in [5.41, 5.74) is 6.03. The minimum atomic E-state index is 0.940. The van der Waals surface area contributed by atoms with Crippen LogP contribution in [0, 0.1) is 0 Å². The molecule has 0 N–H and O–H groups in total. The summed E-state index contributed by atoms with van der Waals surface area (Å²) >= 11 is 1.85. The van der Waals surface area contributed by atoms with Crippen LogP contribution < -0.4 is 0 Å². The van der Waals surface area contributed by atoms with Gasteiger partial charge in [-0.2, -0.15) is 0 Å². The van der Waals surface area contributed by atoms with Gasteiger partial charge in [0.25, 0.3) is 0 Å². The molecule has 0 radical (unpaired) electrons. The molecule has 0 amide bonds. The van der Waals surface area contributed by atoms with Crippen molar-refractivity contribution in [1.29, 1.82) is 0 Å². The van der Waals surface area contributed by atoms with Crippen molar-refractivity contribution < 1.29 is 4.42 Å². The molecule has 6 aromatic carbocycles. The van der Waals surface area contributed by atoms with Crippen LogP contribution in [-0.2, 0) is 0 Å². The van der Waals surface area contributed by atoms with Crippen LogP contribution in [0.1, 0.15) is 0 Å². The maximum Gasteiger partial charge on any atom is 0.134 e. The second-order valence-corrected chi connectivity index (χ2v) is 10.4. The minimum Gasteiger partial charge on any atom is -0.464 e. The Morgan fingerprint density at radius 2 is 1.06 bits per heavy atom. The first-order chi connectivity index (χ1) is 17.9. The molecule has 0 aliphatic heterocycles. The van der Waals surface area contributed by atoms with Crippen LogP contribution >= 0.6 is 11.3 Å². The second-order valence-electron chi connectivity index (χ2n) is 9.29. The summed E-state index contributed by atoms with van der Waals surface area (Å²) in [7, 11) is 0. The Morgan fingerprint density at radius 1 is 0.444 bits per heavy atom. The van der Waals surface area contributed by atoms with Crippen LogP contribution in [0.25, 0.3) is 74.9 Å². The Balaban J connectivity index is 1.52. The predicted molar refractivity (Wildman–Crippen MR) is 155 cm³/mol. The number of furan rings is 1. The molecule has 0 atom stereocenters. The first-order valence-corrected chi connectivity index (χ1v) is 13.0. The molecule has 0 unspecified atom stereocenters. The number of rotatable bonds is 2. The van der Waals surface area contributed by atoms with Gasteiger partial charge in [0.2, 0.25) is 0 Å². The van der Waals surface area contributed by atoms with Gasteiger partial charge in [-0.1, -0.05) is 84.9 Å². The number of benzene rings is 6. The van der Waals surface area contributed by atoms with Crippen molar-refractivity contribution in [3.63, 3.8) is 0 Å². The average Bonchev–Trinajstić information content (AvgIpc) is 3.56. The summed E-state index contributed by atoms with van der Waals surface area (Å²) in [5, 5.41) is 8.89. The van der Waals surface area contributed by atoms with Gasteiger partial charge in [0.1, 0.15) is 5.58 Å². The fourth-order valence-corrected chi connectivity index (χ4v) is 6.93. The third-order valence-corrected chi connectivity index (χ3v) is 8.48. The highest BCUT2D eigenvalue weighted by molar-refractivity contribution is 7.26. The van der Waals surface area contributed by atoms with Gasteiger partial charge >= 0.3 is 0 Å². The van der Waals surface area contributed by atoms with Gasteiger partial charge in [0, 0.05) is 25.6 Å². The molecular weight excluding hydrogens is 456 g/mol. The van der Waals surface area contributed by atoms with E-state index in [9.17, 15) is 0 Å². The van der Waals surface area contributed by atoms with E-state index >= 15 is 0 Å². The van der Waals surface area contributed by atoms with E-state index in [4.69, 9.17) is 4.42 Å². The molecule has 2 heteroatoms. The first kappa shape index (κ1) is 19.9. The largest absolute Gasteiger partial charge is 0.464 e. The second kappa shape index (κ2) is 7.55. The van der Waals surface area contributed by atoms with Gasteiger partial charge in [-0.25, -0.2) is 0 Å². The number of thiophene rings is 1. The molecule has 0 saturated carbocycles. The van der Waals surface area contributed by atoms with Crippen LogP contribution in [-0.4, -0.2) is 0 Å². The molecule has 2 aromatic heterocycles. The van der Waals surface area contributed by atoms with Crippen molar-refractivity contribution in [1.82, 2.24) is 0 Å². The van der Waals surface area contributed by atoms with Crippen molar-refractivity contribution in [2.24, 2.45) is 0 Å². The highest BCUT2D eigenvalue weighted by Gasteiger charge is 2.18. The SMILES string of the molecule is c1ccc(-c2c3ccccc3c(-c3ccc4sc5ccc6occc6c5c4c3)c3ccccc23)cc1. The van der Waals surface area contributed by atoms with Crippen LogP contribution in [0.15, 0.2) is 126 Å². The predicted octanol–water partition coefficient (Wildman–Crippen LogP) is 10.4.